The van der Waals surface area contributed by atoms with Crippen molar-refractivity contribution in [2.75, 3.05) is 0 Å². The molecule has 0 unspecified atom stereocenters. The Hall–Kier alpha value is -4.34. The Morgan fingerprint density at radius 3 is 2.19 bits per heavy atom. The quantitative estimate of drug-likeness (QED) is 0.212. The molecule has 0 fully saturated rings. The predicted octanol–water partition coefficient (Wildman–Crippen LogP) is 9.21. The minimum atomic E-state index is 0.837. The van der Waals surface area contributed by atoms with Gasteiger partial charge in [0, 0.05) is 16.7 Å². The minimum Gasteiger partial charge on any atom is -0.253 e. The van der Waals surface area contributed by atoms with Gasteiger partial charge in [-0.2, -0.15) is 0 Å². The molecule has 0 amide bonds. The molecule has 0 aliphatic heterocycles. The van der Waals surface area contributed by atoms with Crippen LogP contribution in [-0.2, 0) is 6.42 Å². The van der Waals surface area contributed by atoms with Crippen molar-refractivity contribution in [3.8, 4) is 10.6 Å². The summed E-state index contributed by atoms with van der Waals surface area (Å²) in [5.41, 5.74) is 7.69. The Kier molecular flexibility index (Phi) is 6.45. The fourth-order valence-corrected chi connectivity index (χ4v) is 5.64. The molecule has 1 aromatic heterocycles. The largest absolute Gasteiger partial charge is 0.253 e. The van der Waals surface area contributed by atoms with Gasteiger partial charge in [0.2, 0.25) is 0 Å². The maximum absolute atomic E-state index is 5.14. The summed E-state index contributed by atoms with van der Waals surface area (Å²) in [5.74, 6) is 0. The summed E-state index contributed by atoms with van der Waals surface area (Å²) in [5, 5.41) is 3.49. The summed E-state index contributed by atoms with van der Waals surface area (Å²) >= 11 is 1.75. The van der Waals surface area contributed by atoms with Crippen molar-refractivity contribution in [3.63, 3.8) is 0 Å². The molecule has 5 aromatic carbocycles. The molecule has 0 saturated heterocycles. The number of nitrogens with zero attached hydrogens (tertiary/aromatic N) is 2. The highest BCUT2D eigenvalue weighted by atomic mass is 32.1. The fraction of sp³-hybridized carbons (Fsp3) is 0.0588. The number of thiazole rings is 1. The number of aliphatic imine (C=N–C) groups is 1. The normalized spacial score (nSPS) is 12.4. The Morgan fingerprint density at radius 1 is 0.757 bits per heavy atom. The van der Waals surface area contributed by atoms with Gasteiger partial charge in [-0.05, 0) is 47.6 Å². The van der Waals surface area contributed by atoms with Crippen LogP contribution < -0.4 is 0 Å². The van der Waals surface area contributed by atoms with E-state index >= 15 is 0 Å². The van der Waals surface area contributed by atoms with E-state index in [1.54, 1.807) is 11.3 Å². The summed E-state index contributed by atoms with van der Waals surface area (Å²) in [6.07, 6.45) is 3.06. The Balaban J connectivity index is 1.41. The molecule has 0 bridgehead atoms. The molecule has 6 rings (SSSR count). The summed E-state index contributed by atoms with van der Waals surface area (Å²) in [4.78, 5) is 10.1. The van der Waals surface area contributed by atoms with Gasteiger partial charge in [0.15, 0.2) is 0 Å². The number of allylic oxidation sites excluding steroid dienone is 1. The molecule has 0 aliphatic rings. The van der Waals surface area contributed by atoms with Crippen LogP contribution in [0.3, 0.4) is 0 Å². The molecule has 2 nitrogen and oxygen atoms in total. The van der Waals surface area contributed by atoms with Gasteiger partial charge in [-0.3, -0.25) is 4.99 Å². The molecule has 0 N–H and O–H groups in total. The third kappa shape index (κ3) is 5.00. The van der Waals surface area contributed by atoms with Gasteiger partial charge in [0.1, 0.15) is 5.01 Å². The second kappa shape index (κ2) is 10.3. The van der Waals surface area contributed by atoms with Crippen molar-refractivity contribution in [2.24, 2.45) is 4.99 Å². The minimum absolute atomic E-state index is 0.837. The van der Waals surface area contributed by atoms with E-state index in [1.165, 1.54) is 21.0 Å². The van der Waals surface area contributed by atoms with E-state index in [9.17, 15) is 0 Å². The highest BCUT2D eigenvalue weighted by molar-refractivity contribution is 7.22. The van der Waals surface area contributed by atoms with Gasteiger partial charge >= 0.3 is 0 Å². The number of rotatable bonds is 6. The SMILES string of the molecule is C/C(=N\C(=C/Cc1ccccc1)c1ccccc1)c1ccc2ccc3nc(-c4ccccc4)sc3c2c1. The van der Waals surface area contributed by atoms with Crippen LogP contribution in [0.2, 0.25) is 0 Å². The zero-order valence-electron chi connectivity index (χ0n) is 20.6. The molecule has 37 heavy (non-hydrogen) atoms. The van der Waals surface area contributed by atoms with Crippen molar-refractivity contribution in [1.82, 2.24) is 4.98 Å². The van der Waals surface area contributed by atoms with Crippen molar-refractivity contribution < 1.29 is 0 Å². The van der Waals surface area contributed by atoms with Gasteiger partial charge in [0.25, 0.3) is 0 Å². The monoisotopic (exact) mass is 494 g/mol. The molecule has 1 heterocycles. The predicted molar refractivity (Wildman–Crippen MR) is 159 cm³/mol. The van der Waals surface area contributed by atoms with Gasteiger partial charge in [-0.25, -0.2) is 4.98 Å². The average Bonchev–Trinajstić information content (AvgIpc) is 3.41. The first-order chi connectivity index (χ1) is 18.2. The third-order valence-corrected chi connectivity index (χ3v) is 7.70. The van der Waals surface area contributed by atoms with Crippen LogP contribution in [0.25, 0.3) is 37.3 Å². The van der Waals surface area contributed by atoms with Gasteiger partial charge in [0.05, 0.1) is 15.9 Å². The number of hydrogen-bond donors (Lipinski definition) is 0. The second-order valence-corrected chi connectivity index (χ2v) is 10.1. The van der Waals surface area contributed by atoms with Gasteiger partial charge in [-0.1, -0.05) is 115 Å². The summed E-state index contributed by atoms with van der Waals surface area (Å²) in [7, 11) is 0. The maximum Gasteiger partial charge on any atom is 0.124 e. The lowest BCUT2D eigenvalue weighted by Gasteiger charge is -2.08. The van der Waals surface area contributed by atoms with Crippen molar-refractivity contribution in [1.29, 1.82) is 0 Å². The van der Waals surface area contributed by atoms with Gasteiger partial charge < -0.3 is 0 Å². The first-order valence-corrected chi connectivity index (χ1v) is 13.3. The third-order valence-electron chi connectivity index (χ3n) is 6.54. The first-order valence-electron chi connectivity index (χ1n) is 12.5. The van der Waals surface area contributed by atoms with Gasteiger partial charge in [-0.15, -0.1) is 11.3 Å². The number of benzene rings is 5. The Bertz CT molecular complexity index is 1730. The molecule has 0 spiro atoms. The van der Waals surface area contributed by atoms with E-state index < -0.39 is 0 Å². The molecule has 0 radical (unpaired) electrons. The van der Waals surface area contributed by atoms with Crippen LogP contribution in [0, 0.1) is 0 Å². The van der Waals surface area contributed by atoms with Crippen LogP contribution in [0.1, 0.15) is 23.6 Å². The molecule has 178 valence electrons. The van der Waals surface area contributed by atoms with Crippen molar-refractivity contribution >= 4 is 43.7 Å². The lowest BCUT2D eigenvalue weighted by molar-refractivity contribution is 1.26. The highest BCUT2D eigenvalue weighted by Crippen LogP contribution is 2.35. The van der Waals surface area contributed by atoms with E-state index in [2.05, 4.69) is 122 Å². The topological polar surface area (TPSA) is 25.2 Å². The standard InChI is InChI=1S/C34H26N2S/c1-24(35-31(27-13-7-3-8-14-27)21-17-25-11-5-2-6-12-25)29-19-18-26-20-22-32-33(30(26)23-29)37-34(36-32)28-15-9-4-10-16-28/h2-16,18-23H,17H2,1H3/b31-21-,35-24+. The molecular formula is C34H26N2S. The Labute approximate surface area is 221 Å². The maximum atomic E-state index is 5.14. The molecule has 3 heteroatoms. The summed E-state index contributed by atoms with van der Waals surface area (Å²) in [6.45, 7) is 2.10. The molecule has 0 aliphatic carbocycles. The zero-order valence-corrected chi connectivity index (χ0v) is 21.5. The zero-order chi connectivity index (χ0) is 25.0. The van der Waals surface area contributed by atoms with Crippen molar-refractivity contribution in [3.05, 3.63) is 144 Å². The van der Waals surface area contributed by atoms with Crippen LogP contribution in [0.5, 0.6) is 0 Å². The van der Waals surface area contributed by atoms with Crippen LogP contribution in [0.15, 0.2) is 132 Å². The lowest BCUT2D eigenvalue weighted by Crippen LogP contribution is -1.96. The van der Waals surface area contributed by atoms with E-state index in [1.807, 2.05) is 12.1 Å². The Morgan fingerprint density at radius 2 is 1.43 bits per heavy atom. The number of fused-ring (bicyclic) bond motifs is 3. The molecule has 0 saturated carbocycles. The number of hydrogen-bond acceptors (Lipinski definition) is 3. The van der Waals surface area contributed by atoms with Crippen molar-refractivity contribution in [2.45, 2.75) is 13.3 Å². The average molecular weight is 495 g/mol. The molecular weight excluding hydrogens is 468 g/mol. The summed E-state index contributed by atoms with van der Waals surface area (Å²) < 4.78 is 1.22. The second-order valence-electron chi connectivity index (χ2n) is 9.08. The van der Waals surface area contributed by atoms with E-state index in [0.29, 0.717) is 0 Å². The highest BCUT2D eigenvalue weighted by Gasteiger charge is 2.11. The summed E-state index contributed by atoms with van der Waals surface area (Å²) in [6, 6.07) is 42.3. The number of aromatic nitrogens is 1. The smallest absolute Gasteiger partial charge is 0.124 e. The van der Waals surface area contributed by atoms with E-state index in [4.69, 9.17) is 9.98 Å². The lowest BCUT2D eigenvalue weighted by atomic mass is 10.0. The van der Waals surface area contributed by atoms with E-state index in [-0.39, 0.29) is 0 Å². The van der Waals surface area contributed by atoms with Crippen LogP contribution >= 0.6 is 11.3 Å². The van der Waals surface area contributed by atoms with Crippen LogP contribution in [-0.4, -0.2) is 10.7 Å². The van der Waals surface area contributed by atoms with E-state index in [0.717, 1.165) is 45.0 Å². The first kappa shape index (κ1) is 23.1. The molecule has 6 aromatic rings. The fourth-order valence-electron chi connectivity index (χ4n) is 4.54. The van der Waals surface area contributed by atoms with Crippen LogP contribution in [0.4, 0.5) is 0 Å². The molecule has 0 atom stereocenters.